The molecule has 96 valence electrons. The summed E-state index contributed by atoms with van der Waals surface area (Å²) >= 11 is 0. The van der Waals surface area contributed by atoms with Crippen LogP contribution in [0.1, 0.15) is 39.5 Å². The lowest BCUT2D eigenvalue weighted by Crippen LogP contribution is -2.53. The quantitative estimate of drug-likeness (QED) is 0.754. The highest BCUT2D eigenvalue weighted by atomic mass is 16.5. The molecule has 1 fully saturated rings. The average molecular weight is 228 g/mol. The standard InChI is InChI=1S/C13H28N2O/c1-4-15(8-9-16-3)11-13(14)7-5-6-12(2)10-13/h12H,4-11,14H2,1-3H3. The number of nitrogens with zero attached hydrogens (tertiary/aromatic N) is 1. The van der Waals surface area contributed by atoms with Gasteiger partial charge >= 0.3 is 0 Å². The second-order valence-corrected chi connectivity index (χ2v) is 5.43. The largest absolute Gasteiger partial charge is 0.383 e. The van der Waals surface area contributed by atoms with E-state index in [2.05, 4.69) is 18.7 Å². The topological polar surface area (TPSA) is 38.5 Å². The van der Waals surface area contributed by atoms with Crippen LogP contribution in [0.2, 0.25) is 0 Å². The van der Waals surface area contributed by atoms with E-state index in [9.17, 15) is 0 Å². The molecular weight excluding hydrogens is 200 g/mol. The van der Waals surface area contributed by atoms with Gasteiger partial charge in [-0.15, -0.1) is 0 Å². The van der Waals surface area contributed by atoms with Crippen LogP contribution in [0, 0.1) is 5.92 Å². The fourth-order valence-corrected chi connectivity index (χ4v) is 2.86. The molecule has 0 spiro atoms. The third kappa shape index (κ3) is 4.40. The SMILES string of the molecule is CCN(CCOC)CC1(N)CCCC(C)C1. The van der Waals surface area contributed by atoms with Gasteiger partial charge in [0.15, 0.2) is 0 Å². The zero-order chi connectivity index (χ0) is 12.0. The van der Waals surface area contributed by atoms with Gasteiger partial charge in [-0.3, -0.25) is 4.90 Å². The summed E-state index contributed by atoms with van der Waals surface area (Å²) in [4.78, 5) is 2.42. The second kappa shape index (κ2) is 6.58. The molecule has 3 nitrogen and oxygen atoms in total. The Hall–Kier alpha value is -0.120. The van der Waals surface area contributed by atoms with Gasteiger partial charge in [0, 0.05) is 25.7 Å². The summed E-state index contributed by atoms with van der Waals surface area (Å²) in [5.41, 5.74) is 6.56. The molecule has 0 aromatic carbocycles. The molecule has 2 atom stereocenters. The predicted molar refractivity (Wildman–Crippen MR) is 68.5 cm³/mol. The van der Waals surface area contributed by atoms with E-state index in [1.807, 2.05) is 0 Å². The number of hydrogen-bond acceptors (Lipinski definition) is 3. The molecule has 3 heteroatoms. The number of likely N-dealkylation sites (N-methyl/N-ethyl adjacent to an activating group) is 1. The number of nitrogens with two attached hydrogens (primary N) is 1. The van der Waals surface area contributed by atoms with Crippen molar-refractivity contribution >= 4 is 0 Å². The van der Waals surface area contributed by atoms with Gasteiger partial charge in [0.05, 0.1) is 6.61 Å². The van der Waals surface area contributed by atoms with Crippen molar-refractivity contribution in [2.75, 3.05) is 33.4 Å². The Morgan fingerprint density at radius 1 is 1.50 bits per heavy atom. The van der Waals surface area contributed by atoms with Crippen molar-refractivity contribution in [3.8, 4) is 0 Å². The van der Waals surface area contributed by atoms with E-state index in [1.54, 1.807) is 7.11 Å². The Balaban J connectivity index is 2.42. The van der Waals surface area contributed by atoms with Gasteiger partial charge in [-0.1, -0.05) is 26.7 Å². The Morgan fingerprint density at radius 2 is 2.25 bits per heavy atom. The van der Waals surface area contributed by atoms with Crippen LogP contribution in [0.15, 0.2) is 0 Å². The third-order valence-corrected chi connectivity index (χ3v) is 3.72. The first-order valence-corrected chi connectivity index (χ1v) is 6.60. The average Bonchev–Trinajstić information content (AvgIpc) is 2.23. The molecule has 0 amide bonds. The maximum Gasteiger partial charge on any atom is 0.0589 e. The van der Waals surface area contributed by atoms with Crippen molar-refractivity contribution in [3.63, 3.8) is 0 Å². The summed E-state index contributed by atoms with van der Waals surface area (Å²) in [5.74, 6) is 0.792. The number of hydrogen-bond donors (Lipinski definition) is 1. The van der Waals surface area contributed by atoms with Crippen LogP contribution in [0.4, 0.5) is 0 Å². The fraction of sp³-hybridized carbons (Fsp3) is 1.00. The van der Waals surface area contributed by atoms with Crippen LogP contribution in [0.3, 0.4) is 0 Å². The Morgan fingerprint density at radius 3 is 2.81 bits per heavy atom. The maximum atomic E-state index is 6.52. The van der Waals surface area contributed by atoms with Crippen molar-refractivity contribution in [3.05, 3.63) is 0 Å². The van der Waals surface area contributed by atoms with Gasteiger partial charge in [-0.25, -0.2) is 0 Å². The smallest absolute Gasteiger partial charge is 0.0589 e. The highest BCUT2D eigenvalue weighted by Gasteiger charge is 2.32. The van der Waals surface area contributed by atoms with Gasteiger partial charge in [0.25, 0.3) is 0 Å². The lowest BCUT2D eigenvalue weighted by molar-refractivity contribution is 0.114. The number of ether oxygens (including phenoxy) is 1. The lowest BCUT2D eigenvalue weighted by atomic mass is 9.77. The molecule has 0 aliphatic heterocycles. The molecule has 16 heavy (non-hydrogen) atoms. The predicted octanol–water partition coefficient (Wildman–Crippen LogP) is 1.86. The minimum absolute atomic E-state index is 0.0431. The van der Waals surface area contributed by atoms with Crippen molar-refractivity contribution in [2.45, 2.75) is 45.1 Å². The van der Waals surface area contributed by atoms with E-state index in [0.717, 1.165) is 32.2 Å². The summed E-state index contributed by atoms with van der Waals surface area (Å²) < 4.78 is 5.13. The van der Waals surface area contributed by atoms with Gasteiger partial charge in [0.2, 0.25) is 0 Å². The highest BCUT2D eigenvalue weighted by Crippen LogP contribution is 2.30. The molecule has 2 unspecified atom stereocenters. The van der Waals surface area contributed by atoms with Gasteiger partial charge in [0.1, 0.15) is 0 Å². The zero-order valence-corrected chi connectivity index (χ0v) is 11.2. The molecule has 0 heterocycles. The summed E-state index contributed by atoms with van der Waals surface area (Å²) in [6, 6.07) is 0. The Bertz CT molecular complexity index is 198. The van der Waals surface area contributed by atoms with Crippen LogP contribution in [0.5, 0.6) is 0 Å². The molecule has 0 aromatic heterocycles. The van der Waals surface area contributed by atoms with E-state index in [0.29, 0.717) is 0 Å². The number of rotatable bonds is 6. The molecule has 1 aliphatic rings. The minimum Gasteiger partial charge on any atom is -0.383 e. The molecule has 0 aromatic rings. The monoisotopic (exact) mass is 228 g/mol. The molecule has 1 rings (SSSR count). The van der Waals surface area contributed by atoms with Crippen molar-refractivity contribution in [1.82, 2.24) is 4.90 Å². The third-order valence-electron chi connectivity index (χ3n) is 3.72. The summed E-state index contributed by atoms with van der Waals surface area (Å²) in [6.45, 7) is 8.42. The van der Waals surface area contributed by atoms with E-state index >= 15 is 0 Å². The van der Waals surface area contributed by atoms with E-state index < -0.39 is 0 Å². The summed E-state index contributed by atoms with van der Waals surface area (Å²) in [5, 5.41) is 0. The van der Waals surface area contributed by atoms with E-state index in [4.69, 9.17) is 10.5 Å². The van der Waals surface area contributed by atoms with Gasteiger partial charge in [-0.2, -0.15) is 0 Å². The second-order valence-electron chi connectivity index (χ2n) is 5.43. The van der Waals surface area contributed by atoms with Crippen molar-refractivity contribution < 1.29 is 4.74 Å². The Kier molecular flexibility index (Phi) is 5.73. The molecule has 0 radical (unpaired) electrons. The first-order valence-electron chi connectivity index (χ1n) is 6.60. The summed E-state index contributed by atoms with van der Waals surface area (Å²) in [6.07, 6.45) is 5.00. The summed E-state index contributed by atoms with van der Waals surface area (Å²) in [7, 11) is 1.76. The van der Waals surface area contributed by atoms with Crippen LogP contribution >= 0.6 is 0 Å². The molecule has 2 N–H and O–H groups in total. The first-order chi connectivity index (χ1) is 7.59. The first kappa shape index (κ1) is 13.9. The Labute approximate surface area is 100 Å². The molecular formula is C13H28N2O. The van der Waals surface area contributed by atoms with E-state index in [1.165, 1.54) is 25.7 Å². The van der Waals surface area contributed by atoms with E-state index in [-0.39, 0.29) is 5.54 Å². The minimum atomic E-state index is 0.0431. The molecule has 1 aliphatic carbocycles. The normalized spacial score (nSPS) is 30.9. The molecule has 0 bridgehead atoms. The van der Waals surface area contributed by atoms with Crippen LogP contribution < -0.4 is 5.73 Å². The maximum absolute atomic E-state index is 6.52. The molecule has 0 saturated heterocycles. The molecule has 1 saturated carbocycles. The fourth-order valence-electron chi connectivity index (χ4n) is 2.86. The highest BCUT2D eigenvalue weighted by molar-refractivity contribution is 4.92. The van der Waals surface area contributed by atoms with Gasteiger partial charge < -0.3 is 10.5 Å². The zero-order valence-electron chi connectivity index (χ0n) is 11.2. The van der Waals surface area contributed by atoms with Crippen LogP contribution in [-0.2, 0) is 4.74 Å². The van der Waals surface area contributed by atoms with Crippen molar-refractivity contribution in [1.29, 1.82) is 0 Å². The van der Waals surface area contributed by atoms with Crippen LogP contribution in [-0.4, -0.2) is 43.8 Å². The lowest BCUT2D eigenvalue weighted by Gasteiger charge is -2.40. The number of methoxy groups -OCH3 is 1. The van der Waals surface area contributed by atoms with Gasteiger partial charge in [-0.05, 0) is 25.3 Å². The van der Waals surface area contributed by atoms with Crippen molar-refractivity contribution in [2.24, 2.45) is 11.7 Å². The van der Waals surface area contributed by atoms with Crippen LogP contribution in [0.25, 0.3) is 0 Å².